The van der Waals surface area contributed by atoms with Crippen LogP contribution in [-0.2, 0) is 4.79 Å². The van der Waals surface area contributed by atoms with Crippen molar-refractivity contribution in [2.45, 2.75) is 38.9 Å². The summed E-state index contributed by atoms with van der Waals surface area (Å²) in [5.74, 6) is 2.52. The Hall–Kier alpha value is -1.76. The number of carbonyl (C=O) groups excluding carboxylic acids is 1. The smallest absolute Gasteiger partial charge is 0.227 e. The summed E-state index contributed by atoms with van der Waals surface area (Å²) >= 11 is 2.00. The van der Waals surface area contributed by atoms with Crippen LogP contribution in [0.2, 0.25) is 0 Å². The van der Waals surface area contributed by atoms with Crippen LogP contribution in [0.3, 0.4) is 0 Å². The van der Waals surface area contributed by atoms with Gasteiger partial charge < -0.3 is 15.5 Å². The van der Waals surface area contributed by atoms with Gasteiger partial charge in [-0.15, -0.1) is 0 Å². The zero-order valence-electron chi connectivity index (χ0n) is 15.6. The van der Waals surface area contributed by atoms with Gasteiger partial charge in [0.25, 0.3) is 0 Å². The van der Waals surface area contributed by atoms with Crippen LogP contribution in [0.25, 0.3) is 0 Å². The molecule has 1 aromatic rings. The van der Waals surface area contributed by atoms with Crippen molar-refractivity contribution in [1.82, 2.24) is 15.2 Å². The molecule has 1 amide bonds. The lowest BCUT2D eigenvalue weighted by atomic mass is 10.2. The second-order valence-corrected chi connectivity index (χ2v) is 8.53. The highest BCUT2D eigenvalue weighted by molar-refractivity contribution is 8.00. The Kier molecular flexibility index (Phi) is 7.11. The van der Waals surface area contributed by atoms with Gasteiger partial charge in [-0.3, -0.25) is 9.79 Å². The predicted molar refractivity (Wildman–Crippen MR) is 106 cm³/mol. The van der Waals surface area contributed by atoms with Crippen molar-refractivity contribution in [2.75, 3.05) is 37.2 Å². The van der Waals surface area contributed by atoms with E-state index in [1.807, 2.05) is 30.8 Å². The number of carbonyl (C=O) groups is 1. The quantitative estimate of drug-likeness (QED) is 0.621. The molecule has 1 aromatic heterocycles. The Bertz CT molecular complexity index is 617. The maximum Gasteiger partial charge on any atom is 0.227 e. The van der Waals surface area contributed by atoms with E-state index in [0.717, 1.165) is 37.0 Å². The molecule has 0 saturated carbocycles. The van der Waals surface area contributed by atoms with Gasteiger partial charge in [-0.2, -0.15) is 11.8 Å². The van der Waals surface area contributed by atoms with Gasteiger partial charge in [0, 0.05) is 42.2 Å². The Morgan fingerprint density at radius 1 is 1.44 bits per heavy atom. The van der Waals surface area contributed by atoms with Crippen molar-refractivity contribution >= 4 is 29.4 Å². The molecule has 1 aliphatic heterocycles. The van der Waals surface area contributed by atoms with Crippen LogP contribution < -0.4 is 10.6 Å². The standard InChI is InChI=1S/C18H29N5OS/c1-5-19-17(23-11-12-25-18(3,4)13-23)20-10-9-16(24)22-15-8-6-7-14(2)21-15/h6-8H,5,9-13H2,1-4H3,(H,19,20)(H,21,22,24). The van der Waals surface area contributed by atoms with Crippen LogP contribution in [0.15, 0.2) is 23.2 Å². The highest BCUT2D eigenvalue weighted by Gasteiger charge is 2.28. The summed E-state index contributed by atoms with van der Waals surface area (Å²) in [6.07, 6.45) is 0.344. The first-order chi connectivity index (χ1) is 11.9. The van der Waals surface area contributed by atoms with Gasteiger partial charge in [0.05, 0.1) is 6.54 Å². The van der Waals surface area contributed by atoms with E-state index < -0.39 is 0 Å². The molecule has 0 spiro atoms. The number of aromatic nitrogens is 1. The van der Waals surface area contributed by atoms with Gasteiger partial charge in [0.2, 0.25) is 5.91 Å². The van der Waals surface area contributed by atoms with Gasteiger partial charge in [-0.25, -0.2) is 4.98 Å². The number of hydrogen-bond acceptors (Lipinski definition) is 4. The SMILES string of the molecule is CCNC(=NCCC(=O)Nc1cccc(C)n1)N1CCSC(C)(C)C1. The molecule has 1 aliphatic rings. The molecule has 7 heteroatoms. The number of pyridine rings is 1. The molecular weight excluding hydrogens is 334 g/mol. The van der Waals surface area contributed by atoms with E-state index >= 15 is 0 Å². The third-order valence-corrected chi connectivity index (χ3v) is 5.11. The molecule has 0 radical (unpaired) electrons. The lowest BCUT2D eigenvalue weighted by Gasteiger charge is -2.39. The first-order valence-electron chi connectivity index (χ1n) is 8.80. The normalized spacial score (nSPS) is 17.3. The van der Waals surface area contributed by atoms with Crippen molar-refractivity contribution in [3.8, 4) is 0 Å². The fraction of sp³-hybridized carbons (Fsp3) is 0.611. The van der Waals surface area contributed by atoms with Gasteiger partial charge in [-0.05, 0) is 39.8 Å². The second kappa shape index (κ2) is 9.08. The second-order valence-electron chi connectivity index (χ2n) is 6.73. The highest BCUT2D eigenvalue weighted by atomic mass is 32.2. The maximum absolute atomic E-state index is 12.1. The van der Waals surface area contributed by atoms with E-state index in [2.05, 4.69) is 46.3 Å². The summed E-state index contributed by atoms with van der Waals surface area (Å²) in [5.41, 5.74) is 0.885. The molecular formula is C18H29N5OS. The zero-order valence-corrected chi connectivity index (χ0v) is 16.4. The fourth-order valence-corrected chi connectivity index (χ4v) is 3.82. The Morgan fingerprint density at radius 2 is 2.24 bits per heavy atom. The molecule has 2 heterocycles. The number of rotatable bonds is 5. The molecule has 0 unspecified atom stereocenters. The topological polar surface area (TPSA) is 69.6 Å². The summed E-state index contributed by atoms with van der Waals surface area (Å²) in [6, 6.07) is 5.59. The number of thioether (sulfide) groups is 1. The van der Waals surface area contributed by atoms with Crippen LogP contribution in [-0.4, -0.2) is 58.4 Å². The summed E-state index contributed by atoms with van der Waals surface area (Å²) < 4.78 is 0.225. The number of amides is 1. The van der Waals surface area contributed by atoms with E-state index in [-0.39, 0.29) is 10.7 Å². The number of aryl methyl sites for hydroxylation is 1. The maximum atomic E-state index is 12.1. The van der Waals surface area contributed by atoms with E-state index in [0.29, 0.717) is 18.8 Å². The van der Waals surface area contributed by atoms with Gasteiger partial charge in [0.15, 0.2) is 5.96 Å². The lowest BCUT2D eigenvalue weighted by molar-refractivity contribution is -0.116. The number of anilines is 1. The Balaban J connectivity index is 1.89. The number of aliphatic imine (C=N–C) groups is 1. The molecule has 0 aromatic carbocycles. The minimum atomic E-state index is -0.0628. The number of guanidine groups is 1. The molecule has 6 nitrogen and oxygen atoms in total. The number of hydrogen-bond donors (Lipinski definition) is 2. The van der Waals surface area contributed by atoms with Crippen LogP contribution in [0.4, 0.5) is 5.82 Å². The van der Waals surface area contributed by atoms with E-state index in [1.165, 1.54) is 0 Å². The summed E-state index contributed by atoms with van der Waals surface area (Å²) in [6.45, 7) is 11.7. The fourth-order valence-electron chi connectivity index (χ4n) is 2.70. The Morgan fingerprint density at radius 3 is 2.92 bits per heavy atom. The average molecular weight is 364 g/mol. The molecule has 2 N–H and O–H groups in total. The Labute approximate surface area is 154 Å². The molecule has 1 fully saturated rings. The van der Waals surface area contributed by atoms with Crippen molar-refractivity contribution in [3.63, 3.8) is 0 Å². The van der Waals surface area contributed by atoms with Crippen LogP contribution in [0.5, 0.6) is 0 Å². The van der Waals surface area contributed by atoms with Crippen LogP contribution >= 0.6 is 11.8 Å². The molecule has 0 atom stereocenters. The van der Waals surface area contributed by atoms with E-state index in [9.17, 15) is 4.79 Å². The first-order valence-corrected chi connectivity index (χ1v) is 9.79. The first kappa shape index (κ1) is 19.6. The van der Waals surface area contributed by atoms with Crippen molar-refractivity contribution < 1.29 is 4.79 Å². The van der Waals surface area contributed by atoms with Gasteiger partial charge in [-0.1, -0.05) is 6.07 Å². The van der Waals surface area contributed by atoms with Crippen LogP contribution in [0, 0.1) is 6.92 Å². The van der Waals surface area contributed by atoms with Crippen molar-refractivity contribution in [3.05, 3.63) is 23.9 Å². The lowest BCUT2D eigenvalue weighted by Crippen LogP contribution is -2.51. The highest BCUT2D eigenvalue weighted by Crippen LogP contribution is 2.29. The largest absolute Gasteiger partial charge is 0.357 e. The summed E-state index contributed by atoms with van der Waals surface area (Å²) in [4.78, 5) is 23.3. The van der Waals surface area contributed by atoms with Gasteiger partial charge >= 0.3 is 0 Å². The molecule has 25 heavy (non-hydrogen) atoms. The average Bonchev–Trinajstić information content (AvgIpc) is 2.53. The summed E-state index contributed by atoms with van der Waals surface area (Å²) in [5, 5.41) is 6.17. The van der Waals surface area contributed by atoms with Crippen molar-refractivity contribution in [1.29, 1.82) is 0 Å². The molecule has 1 saturated heterocycles. The predicted octanol–water partition coefficient (Wildman–Crippen LogP) is 2.51. The number of nitrogens with zero attached hydrogens (tertiary/aromatic N) is 3. The molecule has 0 aliphatic carbocycles. The third kappa shape index (κ3) is 6.57. The van der Waals surface area contributed by atoms with E-state index in [4.69, 9.17) is 0 Å². The van der Waals surface area contributed by atoms with Crippen molar-refractivity contribution in [2.24, 2.45) is 4.99 Å². The minimum absolute atomic E-state index is 0.0628. The monoisotopic (exact) mass is 363 g/mol. The van der Waals surface area contributed by atoms with Crippen LogP contribution in [0.1, 0.15) is 32.9 Å². The molecule has 0 bridgehead atoms. The minimum Gasteiger partial charge on any atom is -0.357 e. The number of nitrogens with one attached hydrogen (secondary N) is 2. The molecule has 2 rings (SSSR count). The summed E-state index contributed by atoms with van der Waals surface area (Å²) in [7, 11) is 0. The van der Waals surface area contributed by atoms with E-state index in [1.54, 1.807) is 6.07 Å². The zero-order chi connectivity index (χ0) is 18.3. The third-order valence-electron chi connectivity index (χ3n) is 3.82. The molecule has 138 valence electrons. The van der Waals surface area contributed by atoms with Gasteiger partial charge in [0.1, 0.15) is 5.82 Å².